The summed E-state index contributed by atoms with van der Waals surface area (Å²) >= 11 is 0. The lowest BCUT2D eigenvalue weighted by Crippen LogP contribution is -1.94. The highest BCUT2D eigenvalue weighted by Crippen LogP contribution is 1.89. The molecule has 0 atom stereocenters. The molecule has 0 aliphatic heterocycles. The Morgan fingerprint density at radius 2 is 1.80 bits per heavy atom. The summed E-state index contributed by atoms with van der Waals surface area (Å²) < 4.78 is 9.29. The zero-order chi connectivity index (χ0) is 7.66. The SMILES string of the molecule is C=COCCCCOC=O. The Morgan fingerprint density at radius 3 is 2.30 bits per heavy atom. The highest BCUT2D eigenvalue weighted by atomic mass is 16.5. The van der Waals surface area contributed by atoms with Crippen LogP contribution in [0.4, 0.5) is 0 Å². The van der Waals surface area contributed by atoms with E-state index < -0.39 is 0 Å². The minimum atomic E-state index is 0.453. The molecule has 0 aliphatic carbocycles. The monoisotopic (exact) mass is 144 g/mol. The molecule has 0 aromatic rings. The number of hydrogen-bond acceptors (Lipinski definition) is 3. The molecule has 0 radical (unpaired) electrons. The van der Waals surface area contributed by atoms with Gasteiger partial charge in [0.05, 0.1) is 19.5 Å². The maximum absolute atomic E-state index is 9.62. The molecule has 0 heterocycles. The number of unbranched alkanes of at least 4 members (excludes halogenated alkanes) is 1. The number of hydrogen-bond donors (Lipinski definition) is 0. The second-order valence-corrected chi connectivity index (χ2v) is 1.71. The van der Waals surface area contributed by atoms with Gasteiger partial charge in [0.15, 0.2) is 0 Å². The minimum Gasteiger partial charge on any atom is -0.502 e. The second-order valence-electron chi connectivity index (χ2n) is 1.71. The summed E-state index contributed by atoms with van der Waals surface area (Å²) in [4.78, 5) is 9.62. The third-order valence-corrected chi connectivity index (χ3v) is 0.960. The Balaban J connectivity index is 2.76. The Morgan fingerprint density at radius 1 is 1.20 bits per heavy atom. The molecular formula is C7H12O3. The zero-order valence-electron chi connectivity index (χ0n) is 5.91. The van der Waals surface area contributed by atoms with E-state index in [1.54, 1.807) is 0 Å². The fourth-order valence-electron chi connectivity index (χ4n) is 0.502. The van der Waals surface area contributed by atoms with Gasteiger partial charge in [-0.05, 0) is 12.8 Å². The van der Waals surface area contributed by atoms with Gasteiger partial charge in [0.1, 0.15) is 0 Å². The molecule has 0 saturated heterocycles. The van der Waals surface area contributed by atoms with Gasteiger partial charge in [-0.2, -0.15) is 0 Å². The van der Waals surface area contributed by atoms with Gasteiger partial charge < -0.3 is 9.47 Å². The Kier molecular flexibility index (Phi) is 7.22. The van der Waals surface area contributed by atoms with Crippen molar-refractivity contribution in [2.45, 2.75) is 12.8 Å². The first kappa shape index (κ1) is 9.01. The fraction of sp³-hybridized carbons (Fsp3) is 0.571. The largest absolute Gasteiger partial charge is 0.502 e. The van der Waals surface area contributed by atoms with Crippen LogP contribution in [0, 0.1) is 0 Å². The average molecular weight is 144 g/mol. The summed E-state index contributed by atoms with van der Waals surface area (Å²) in [5, 5.41) is 0. The molecule has 0 aromatic carbocycles. The topological polar surface area (TPSA) is 35.5 Å². The summed E-state index contributed by atoms with van der Waals surface area (Å²) in [5.41, 5.74) is 0. The lowest BCUT2D eigenvalue weighted by molar-refractivity contribution is -0.128. The first-order valence-corrected chi connectivity index (χ1v) is 3.19. The fourth-order valence-corrected chi connectivity index (χ4v) is 0.502. The summed E-state index contributed by atoms with van der Waals surface area (Å²) in [6.07, 6.45) is 3.13. The Labute approximate surface area is 60.6 Å². The van der Waals surface area contributed by atoms with Crippen molar-refractivity contribution in [3.63, 3.8) is 0 Å². The molecule has 0 spiro atoms. The third-order valence-electron chi connectivity index (χ3n) is 0.960. The predicted octanol–water partition coefficient (Wildman–Crippen LogP) is 1.10. The van der Waals surface area contributed by atoms with Crippen molar-refractivity contribution in [3.8, 4) is 0 Å². The summed E-state index contributed by atoms with van der Waals surface area (Å²) in [7, 11) is 0. The van der Waals surface area contributed by atoms with Crippen molar-refractivity contribution in [3.05, 3.63) is 12.8 Å². The van der Waals surface area contributed by atoms with Gasteiger partial charge >= 0.3 is 0 Å². The van der Waals surface area contributed by atoms with E-state index >= 15 is 0 Å². The van der Waals surface area contributed by atoms with Gasteiger partial charge in [-0.1, -0.05) is 6.58 Å². The number of carbonyl (C=O) groups is 1. The highest BCUT2D eigenvalue weighted by molar-refractivity contribution is 5.36. The molecule has 0 aliphatic rings. The smallest absolute Gasteiger partial charge is 0.293 e. The van der Waals surface area contributed by atoms with E-state index in [4.69, 9.17) is 4.74 Å². The van der Waals surface area contributed by atoms with E-state index in [-0.39, 0.29) is 0 Å². The van der Waals surface area contributed by atoms with E-state index in [9.17, 15) is 4.79 Å². The van der Waals surface area contributed by atoms with Gasteiger partial charge in [0.2, 0.25) is 0 Å². The van der Waals surface area contributed by atoms with E-state index in [1.165, 1.54) is 6.26 Å². The van der Waals surface area contributed by atoms with Crippen LogP contribution in [0.2, 0.25) is 0 Å². The first-order valence-electron chi connectivity index (χ1n) is 3.19. The summed E-state index contributed by atoms with van der Waals surface area (Å²) in [5.74, 6) is 0. The van der Waals surface area contributed by atoms with Crippen molar-refractivity contribution in [1.29, 1.82) is 0 Å². The van der Waals surface area contributed by atoms with Crippen LogP contribution in [-0.4, -0.2) is 19.7 Å². The van der Waals surface area contributed by atoms with Crippen molar-refractivity contribution in [1.82, 2.24) is 0 Å². The second kappa shape index (κ2) is 8.01. The van der Waals surface area contributed by atoms with Crippen LogP contribution < -0.4 is 0 Å². The van der Waals surface area contributed by atoms with E-state index in [0.29, 0.717) is 19.7 Å². The number of rotatable bonds is 7. The molecule has 3 heteroatoms. The first-order chi connectivity index (χ1) is 4.91. The van der Waals surface area contributed by atoms with Crippen LogP contribution in [0.15, 0.2) is 12.8 Å². The molecule has 3 nitrogen and oxygen atoms in total. The molecule has 58 valence electrons. The van der Waals surface area contributed by atoms with Crippen molar-refractivity contribution >= 4 is 6.47 Å². The van der Waals surface area contributed by atoms with Gasteiger partial charge in [-0.3, -0.25) is 4.79 Å². The number of carbonyl (C=O) groups excluding carboxylic acids is 1. The van der Waals surface area contributed by atoms with E-state index in [2.05, 4.69) is 11.3 Å². The van der Waals surface area contributed by atoms with Crippen LogP contribution in [0.1, 0.15) is 12.8 Å². The van der Waals surface area contributed by atoms with Crippen molar-refractivity contribution in [2.24, 2.45) is 0 Å². The molecule has 0 fully saturated rings. The van der Waals surface area contributed by atoms with Gasteiger partial charge in [0, 0.05) is 0 Å². The van der Waals surface area contributed by atoms with Gasteiger partial charge in [0.25, 0.3) is 6.47 Å². The van der Waals surface area contributed by atoms with Gasteiger partial charge in [-0.15, -0.1) is 0 Å². The van der Waals surface area contributed by atoms with Crippen molar-refractivity contribution < 1.29 is 14.3 Å². The molecule has 0 unspecified atom stereocenters. The average Bonchev–Trinajstić information content (AvgIpc) is 1.97. The van der Waals surface area contributed by atoms with Crippen LogP contribution in [0.5, 0.6) is 0 Å². The van der Waals surface area contributed by atoms with Crippen LogP contribution in [-0.2, 0) is 14.3 Å². The Hall–Kier alpha value is -0.990. The maximum Gasteiger partial charge on any atom is 0.293 e. The molecule has 0 amide bonds. The molecule has 0 rings (SSSR count). The van der Waals surface area contributed by atoms with Crippen LogP contribution in [0.3, 0.4) is 0 Å². The highest BCUT2D eigenvalue weighted by Gasteiger charge is 1.86. The molecular weight excluding hydrogens is 132 g/mol. The van der Waals surface area contributed by atoms with Crippen molar-refractivity contribution in [2.75, 3.05) is 13.2 Å². The van der Waals surface area contributed by atoms with Crippen LogP contribution >= 0.6 is 0 Å². The lowest BCUT2D eigenvalue weighted by Gasteiger charge is -1.98. The zero-order valence-corrected chi connectivity index (χ0v) is 5.91. The lowest BCUT2D eigenvalue weighted by atomic mass is 10.3. The van der Waals surface area contributed by atoms with E-state index in [1.807, 2.05) is 0 Å². The van der Waals surface area contributed by atoms with Gasteiger partial charge in [-0.25, -0.2) is 0 Å². The van der Waals surface area contributed by atoms with E-state index in [0.717, 1.165) is 12.8 Å². The summed E-state index contributed by atoms with van der Waals surface area (Å²) in [6.45, 7) is 4.96. The third kappa shape index (κ3) is 7.01. The maximum atomic E-state index is 9.62. The molecule has 0 aromatic heterocycles. The predicted molar refractivity (Wildman–Crippen MR) is 37.4 cm³/mol. The standard InChI is InChI=1S/C7H12O3/c1-2-9-5-3-4-6-10-7-8/h2,7H,1,3-6H2. The summed E-state index contributed by atoms with van der Waals surface area (Å²) in [6, 6.07) is 0. The molecule has 10 heavy (non-hydrogen) atoms. The molecule has 0 bridgehead atoms. The minimum absolute atomic E-state index is 0.453. The van der Waals surface area contributed by atoms with Crippen LogP contribution in [0.25, 0.3) is 0 Å². The molecule has 0 saturated carbocycles. The number of ether oxygens (including phenoxy) is 2. The molecule has 0 N–H and O–H groups in total. The quantitative estimate of drug-likeness (QED) is 0.305. The Bertz CT molecular complexity index is 78.9. The normalized spacial score (nSPS) is 8.40.